The summed E-state index contributed by atoms with van der Waals surface area (Å²) in [5, 5.41) is 2.54. The van der Waals surface area contributed by atoms with Crippen molar-refractivity contribution in [3.63, 3.8) is 0 Å². The van der Waals surface area contributed by atoms with E-state index in [0.717, 1.165) is 29.1 Å². The number of carbonyl (C=O) groups is 3. The molecule has 1 N–H and O–H groups in total. The van der Waals surface area contributed by atoms with Crippen LogP contribution in [0.4, 0.5) is 16.2 Å². The van der Waals surface area contributed by atoms with Crippen LogP contribution in [0.1, 0.15) is 29.9 Å². The summed E-state index contributed by atoms with van der Waals surface area (Å²) in [6.07, 6.45) is 1.86. The fraction of sp³-hybridized carbons (Fsp3) is 0.250. The van der Waals surface area contributed by atoms with Gasteiger partial charge in [-0.25, -0.2) is 9.69 Å². The first-order chi connectivity index (χ1) is 16.6. The van der Waals surface area contributed by atoms with Gasteiger partial charge in [0.05, 0.1) is 11.7 Å². The molecule has 0 radical (unpaired) electrons. The Bertz CT molecular complexity index is 1280. The lowest BCUT2D eigenvalue weighted by Gasteiger charge is -2.55. The minimum atomic E-state index is -1.38. The second-order valence-electron chi connectivity index (χ2n) is 9.35. The van der Waals surface area contributed by atoms with Crippen molar-refractivity contribution in [2.45, 2.75) is 31.2 Å². The molecule has 3 atom stereocenters. The molecule has 0 aromatic heterocycles. The van der Waals surface area contributed by atoms with Crippen LogP contribution < -0.4 is 15.1 Å². The molecule has 4 amide bonds. The third-order valence-electron chi connectivity index (χ3n) is 7.64. The Morgan fingerprint density at radius 2 is 1.50 bits per heavy atom. The molecule has 3 heterocycles. The van der Waals surface area contributed by atoms with E-state index in [-0.39, 0.29) is 18.4 Å². The summed E-state index contributed by atoms with van der Waals surface area (Å²) in [6.45, 7) is 0.739. The minimum absolute atomic E-state index is 0.230. The molecule has 34 heavy (non-hydrogen) atoms. The number of carbonyl (C=O) groups excluding carboxylic acids is 3. The molecule has 1 spiro atoms. The molecule has 3 aliphatic rings. The zero-order valence-electron chi connectivity index (χ0n) is 18.7. The van der Waals surface area contributed by atoms with Crippen LogP contribution in [-0.4, -0.2) is 30.4 Å². The van der Waals surface area contributed by atoms with Crippen LogP contribution >= 0.6 is 0 Å². The van der Waals surface area contributed by atoms with Crippen molar-refractivity contribution in [2.75, 3.05) is 16.3 Å². The molecule has 3 aliphatic heterocycles. The van der Waals surface area contributed by atoms with Gasteiger partial charge in [-0.2, -0.15) is 0 Å². The number of rotatable bonds is 2. The lowest BCUT2D eigenvalue weighted by molar-refractivity contribution is -0.145. The van der Waals surface area contributed by atoms with E-state index in [1.165, 1.54) is 5.56 Å². The Balaban J connectivity index is 1.49. The second-order valence-corrected chi connectivity index (χ2v) is 9.35. The molecule has 6 heteroatoms. The summed E-state index contributed by atoms with van der Waals surface area (Å²) >= 11 is 0. The molecule has 0 saturated carbocycles. The van der Waals surface area contributed by atoms with Gasteiger partial charge in [0.25, 0.3) is 5.91 Å². The average molecular weight is 452 g/mol. The highest BCUT2D eigenvalue weighted by Crippen LogP contribution is 2.50. The number of para-hydroxylation sites is 2. The number of fused-ring (bicyclic) bond motifs is 4. The van der Waals surface area contributed by atoms with Gasteiger partial charge >= 0.3 is 6.03 Å². The summed E-state index contributed by atoms with van der Waals surface area (Å²) < 4.78 is 0. The minimum Gasteiger partial charge on any atom is -0.367 e. The molecule has 0 bridgehead atoms. The fourth-order valence-electron chi connectivity index (χ4n) is 6.02. The van der Waals surface area contributed by atoms with Crippen molar-refractivity contribution in [2.24, 2.45) is 5.41 Å². The third-order valence-corrected chi connectivity index (χ3v) is 7.64. The Morgan fingerprint density at radius 3 is 2.26 bits per heavy atom. The van der Waals surface area contributed by atoms with Crippen molar-refractivity contribution < 1.29 is 14.4 Å². The standard InChI is InChI=1S/C28H25N3O3/c32-25-28(26(33)31(27(34)29-25)22-12-5-2-6-13-22)18-21-11-7-8-14-23(21)30-16-15-20(17-24(28)30)19-9-3-1-4-10-19/h1-14,20,24H,15-18H2,(H,29,32,34)/t20-,24-,28-/m1/s1. The number of hydrogen-bond acceptors (Lipinski definition) is 4. The first kappa shape index (κ1) is 20.7. The van der Waals surface area contributed by atoms with Crippen molar-refractivity contribution in [1.82, 2.24) is 5.32 Å². The number of nitrogens with one attached hydrogen (secondary N) is 1. The van der Waals surface area contributed by atoms with Crippen LogP contribution in [0.2, 0.25) is 0 Å². The number of piperidine rings is 1. The largest absolute Gasteiger partial charge is 0.367 e. The van der Waals surface area contributed by atoms with Gasteiger partial charge in [0, 0.05) is 12.2 Å². The van der Waals surface area contributed by atoms with E-state index in [0.29, 0.717) is 12.1 Å². The zero-order chi connectivity index (χ0) is 23.3. The Labute approximate surface area is 198 Å². The third kappa shape index (κ3) is 2.98. The quantitative estimate of drug-likeness (QED) is 0.591. The molecule has 170 valence electrons. The molecular formula is C28H25N3O3. The normalized spacial score (nSPS) is 26.2. The van der Waals surface area contributed by atoms with E-state index < -0.39 is 23.3 Å². The van der Waals surface area contributed by atoms with Crippen molar-refractivity contribution in [3.05, 3.63) is 96.1 Å². The number of imide groups is 2. The maximum absolute atomic E-state index is 14.2. The topological polar surface area (TPSA) is 69.7 Å². The van der Waals surface area contributed by atoms with Gasteiger partial charge in [0.2, 0.25) is 5.91 Å². The lowest BCUT2D eigenvalue weighted by Crippen LogP contribution is -2.73. The molecular weight excluding hydrogens is 426 g/mol. The van der Waals surface area contributed by atoms with Crippen molar-refractivity contribution in [1.29, 1.82) is 0 Å². The summed E-state index contributed by atoms with van der Waals surface area (Å²) in [7, 11) is 0. The van der Waals surface area contributed by atoms with Gasteiger partial charge in [-0.3, -0.25) is 14.9 Å². The first-order valence-corrected chi connectivity index (χ1v) is 11.7. The van der Waals surface area contributed by atoms with Crippen LogP contribution in [0.5, 0.6) is 0 Å². The first-order valence-electron chi connectivity index (χ1n) is 11.7. The van der Waals surface area contributed by atoms with Gasteiger partial charge in [-0.1, -0.05) is 66.7 Å². The molecule has 3 aromatic rings. The molecule has 2 fully saturated rings. The summed E-state index contributed by atoms with van der Waals surface area (Å²) in [5.74, 6) is -0.702. The number of hydrogen-bond donors (Lipinski definition) is 1. The number of benzene rings is 3. The molecule has 0 unspecified atom stereocenters. The van der Waals surface area contributed by atoms with Gasteiger partial charge in [-0.05, 0) is 54.5 Å². The summed E-state index contributed by atoms with van der Waals surface area (Å²) in [5.41, 5.74) is 2.34. The highest BCUT2D eigenvalue weighted by molar-refractivity contribution is 6.30. The fourth-order valence-corrected chi connectivity index (χ4v) is 6.02. The van der Waals surface area contributed by atoms with Gasteiger partial charge < -0.3 is 4.90 Å². The van der Waals surface area contributed by atoms with Gasteiger partial charge in [0.1, 0.15) is 0 Å². The highest BCUT2D eigenvalue weighted by atomic mass is 16.2. The van der Waals surface area contributed by atoms with E-state index in [4.69, 9.17) is 0 Å². The highest BCUT2D eigenvalue weighted by Gasteiger charge is 2.63. The average Bonchev–Trinajstić information content (AvgIpc) is 2.88. The van der Waals surface area contributed by atoms with Crippen LogP contribution in [0.25, 0.3) is 0 Å². The van der Waals surface area contributed by atoms with E-state index in [1.807, 2.05) is 42.5 Å². The monoisotopic (exact) mass is 451 g/mol. The summed E-state index contributed by atoms with van der Waals surface area (Å²) in [4.78, 5) is 44.2. The van der Waals surface area contributed by atoms with E-state index in [2.05, 4.69) is 28.4 Å². The molecule has 3 aromatic carbocycles. The van der Waals surface area contributed by atoms with Crippen LogP contribution in [0.15, 0.2) is 84.9 Å². The number of amides is 4. The molecule has 2 saturated heterocycles. The lowest BCUT2D eigenvalue weighted by atomic mass is 9.64. The van der Waals surface area contributed by atoms with Crippen molar-refractivity contribution >= 4 is 29.2 Å². The predicted octanol–water partition coefficient (Wildman–Crippen LogP) is 4.26. The predicted molar refractivity (Wildman–Crippen MR) is 130 cm³/mol. The maximum atomic E-state index is 14.2. The Kier molecular flexibility index (Phi) is 4.76. The number of barbiturate groups is 1. The molecule has 6 rings (SSSR count). The number of nitrogens with zero attached hydrogens (tertiary/aromatic N) is 2. The van der Waals surface area contributed by atoms with E-state index in [9.17, 15) is 14.4 Å². The number of urea groups is 1. The SMILES string of the molecule is O=C1NC(=O)[C@]2(Cc3ccccc3N3CC[C@@H](c4ccccc4)C[C@@H]32)C(=O)N1c1ccccc1. The van der Waals surface area contributed by atoms with Crippen molar-refractivity contribution in [3.8, 4) is 0 Å². The number of anilines is 2. The van der Waals surface area contributed by atoms with Crippen LogP contribution in [-0.2, 0) is 16.0 Å². The van der Waals surface area contributed by atoms with E-state index in [1.54, 1.807) is 24.3 Å². The summed E-state index contributed by atoms with van der Waals surface area (Å²) in [6, 6.07) is 26.1. The Morgan fingerprint density at radius 1 is 0.824 bits per heavy atom. The maximum Gasteiger partial charge on any atom is 0.335 e. The smallest absolute Gasteiger partial charge is 0.335 e. The van der Waals surface area contributed by atoms with Crippen LogP contribution in [0, 0.1) is 5.41 Å². The Hall–Kier alpha value is -3.93. The molecule has 0 aliphatic carbocycles. The van der Waals surface area contributed by atoms with E-state index >= 15 is 0 Å². The van der Waals surface area contributed by atoms with Gasteiger partial charge in [0.15, 0.2) is 5.41 Å². The van der Waals surface area contributed by atoms with Gasteiger partial charge in [-0.15, -0.1) is 0 Å². The van der Waals surface area contributed by atoms with Crippen LogP contribution in [0.3, 0.4) is 0 Å². The zero-order valence-corrected chi connectivity index (χ0v) is 18.7. The second kappa shape index (κ2) is 7.83. The molecule has 6 nitrogen and oxygen atoms in total.